The Balaban J connectivity index is 2.59. The van der Waals surface area contributed by atoms with Crippen molar-refractivity contribution in [1.29, 1.82) is 0 Å². The quantitative estimate of drug-likeness (QED) is 0.744. The molecule has 1 aromatic rings. The fourth-order valence-electron chi connectivity index (χ4n) is 1.56. The van der Waals surface area contributed by atoms with Crippen LogP contribution in [-0.2, 0) is 7.05 Å². The molecule has 1 unspecified atom stereocenters. The van der Waals surface area contributed by atoms with E-state index in [1.165, 1.54) is 0 Å². The van der Waals surface area contributed by atoms with Gasteiger partial charge in [0.15, 0.2) is 0 Å². The number of hydrogen-bond acceptors (Lipinski definition) is 2. The highest BCUT2D eigenvalue weighted by Gasteiger charge is 2.11. The summed E-state index contributed by atoms with van der Waals surface area (Å²) in [7, 11) is 1.99. The summed E-state index contributed by atoms with van der Waals surface area (Å²) in [6.07, 6.45) is 5.84. The molecule has 0 aromatic carbocycles. The molecule has 0 aliphatic heterocycles. The Morgan fingerprint density at radius 2 is 2.40 bits per heavy atom. The highest BCUT2D eigenvalue weighted by atomic mass is 15.0. The van der Waals surface area contributed by atoms with Crippen LogP contribution in [-0.4, -0.2) is 16.1 Å². The van der Waals surface area contributed by atoms with E-state index < -0.39 is 0 Å². The maximum absolute atomic E-state index is 4.37. The van der Waals surface area contributed by atoms with Crippen molar-refractivity contribution in [2.24, 2.45) is 7.05 Å². The topological polar surface area (TPSA) is 29.9 Å². The largest absolute Gasteiger partial charge is 0.340 e. The fourth-order valence-corrected chi connectivity index (χ4v) is 1.56. The van der Waals surface area contributed by atoms with Gasteiger partial charge in [0.1, 0.15) is 0 Å². The summed E-state index contributed by atoms with van der Waals surface area (Å²) in [4.78, 5) is 4.37. The molecule has 0 radical (unpaired) electrons. The molecular formula is C12H19N3. The first-order chi connectivity index (χ1) is 7.27. The van der Waals surface area contributed by atoms with Crippen molar-refractivity contribution in [3.8, 4) is 11.8 Å². The Kier molecular flexibility index (Phi) is 4.92. The van der Waals surface area contributed by atoms with Gasteiger partial charge in [0, 0.05) is 19.7 Å². The van der Waals surface area contributed by atoms with Gasteiger partial charge in [-0.25, -0.2) is 4.98 Å². The van der Waals surface area contributed by atoms with Crippen molar-refractivity contribution >= 4 is 0 Å². The third-order valence-electron chi connectivity index (χ3n) is 2.27. The predicted molar refractivity (Wildman–Crippen MR) is 62.3 cm³/mol. The van der Waals surface area contributed by atoms with Gasteiger partial charge in [0.25, 0.3) is 0 Å². The Morgan fingerprint density at radius 1 is 1.60 bits per heavy atom. The zero-order valence-corrected chi connectivity index (χ0v) is 9.75. The first-order valence-electron chi connectivity index (χ1n) is 5.38. The standard InChI is InChI=1S/C12H19N3/c1-4-6-7-8-11(13-5-2)12-9-15(3)10-14-12/h9-11,13H,5,7-8H2,1-3H3. The summed E-state index contributed by atoms with van der Waals surface area (Å²) in [5, 5.41) is 3.43. The average molecular weight is 205 g/mol. The van der Waals surface area contributed by atoms with Gasteiger partial charge in [0.2, 0.25) is 0 Å². The fraction of sp³-hybridized carbons (Fsp3) is 0.583. The van der Waals surface area contributed by atoms with E-state index in [2.05, 4.69) is 35.3 Å². The van der Waals surface area contributed by atoms with Crippen molar-refractivity contribution in [1.82, 2.24) is 14.9 Å². The van der Waals surface area contributed by atoms with Crippen LogP contribution in [0.4, 0.5) is 0 Å². The number of nitrogens with zero attached hydrogens (tertiary/aromatic N) is 2. The SMILES string of the molecule is CC#CCCC(NCC)c1cn(C)cn1. The van der Waals surface area contributed by atoms with Gasteiger partial charge in [-0.2, -0.15) is 0 Å². The molecule has 3 heteroatoms. The van der Waals surface area contributed by atoms with E-state index in [4.69, 9.17) is 0 Å². The minimum Gasteiger partial charge on any atom is -0.340 e. The molecule has 0 saturated heterocycles. The Hall–Kier alpha value is -1.27. The molecule has 1 atom stereocenters. The number of aromatic nitrogens is 2. The van der Waals surface area contributed by atoms with Gasteiger partial charge in [-0.05, 0) is 19.9 Å². The lowest BCUT2D eigenvalue weighted by atomic mass is 10.1. The van der Waals surface area contributed by atoms with Gasteiger partial charge >= 0.3 is 0 Å². The monoisotopic (exact) mass is 205 g/mol. The van der Waals surface area contributed by atoms with Crippen LogP contribution in [0.1, 0.15) is 38.4 Å². The molecule has 0 saturated carbocycles. The second kappa shape index (κ2) is 6.26. The van der Waals surface area contributed by atoms with Gasteiger partial charge in [0.05, 0.1) is 18.1 Å². The Labute approximate surface area is 91.9 Å². The third kappa shape index (κ3) is 3.77. The van der Waals surface area contributed by atoms with E-state index in [9.17, 15) is 0 Å². The second-order valence-electron chi connectivity index (χ2n) is 3.54. The van der Waals surface area contributed by atoms with Crippen LogP contribution in [0.25, 0.3) is 0 Å². The van der Waals surface area contributed by atoms with Crippen LogP contribution in [0, 0.1) is 11.8 Å². The molecule has 1 aromatic heterocycles. The molecule has 0 aliphatic rings. The lowest BCUT2D eigenvalue weighted by Crippen LogP contribution is -2.21. The molecule has 1 N–H and O–H groups in total. The summed E-state index contributed by atoms with van der Waals surface area (Å²) in [5.74, 6) is 6.01. The molecule has 1 heterocycles. The first-order valence-corrected chi connectivity index (χ1v) is 5.38. The van der Waals surface area contributed by atoms with Crippen LogP contribution < -0.4 is 5.32 Å². The highest BCUT2D eigenvalue weighted by molar-refractivity contribution is 5.05. The molecule has 1 rings (SSSR count). The van der Waals surface area contributed by atoms with Crippen LogP contribution in [0.15, 0.2) is 12.5 Å². The lowest BCUT2D eigenvalue weighted by Gasteiger charge is -2.13. The number of hydrogen-bond donors (Lipinski definition) is 1. The minimum absolute atomic E-state index is 0.331. The first kappa shape index (κ1) is 11.8. The molecule has 0 aliphatic carbocycles. The van der Waals surface area contributed by atoms with Crippen molar-refractivity contribution in [3.05, 3.63) is 18.2 Å². The number of rotatable bonds is 5. The van der Waals surface area contributed by atoms with Crippen molar-refractivity contribution in [2.45, 2.75) is 32.7 Å². The van der Waals surface area contributed by atoms with Gasteiger partial charge in [-0.1, -0.05) is 6.92 Å². The third-order valence-corrected chi connectivity index (χ3v) is 2.27. The van der Waals surface area contributed by atoms with E-state index in [-0.39, 0.29) is 0 Å². The van der Waals surface area contributed by atoms with Gasteiger partial charge < -0.3 is 9.88 Å². The number of aryl methyl sites for hydroxylation is 1. The van der Waals surface area contributed by atoms with Crippen molar-refractivity contribution in [2.75, 3.05) is 6.54 Å². The van der Waals surface area contributed by atoms with Crippen molar-refractivity contribution < 1.29 is 0 Å². The van der Waals surface area contributed by atoms with Gasteiger partial charge in [-0.15, -0.1) is 11.8 Å². The van der Waals surface area contributed by atoms with Crippen LogP contribution >= 0.6 is 0 Å². The highest BCUT2D eigenvalue weighted by Crippen LogP contribution is 2.15. The number of imidazole rings is 1. The van der Waals surface area contributed by atoms with E-state index in [0.29, 0.717) is 6.04 Å². The van der Waals surface area contributed by atoms with Crippen LogP contribution in [0.5, 0.6) is 0 Å². The van der Waals surface area contributed by atoms with E-state index >= 15 is 0 Å². The molecule has 3 nitrogen and oxygen atoms in total. The zero-order chi connectivity index (χ0) is 11.1. The molecular weight excluding hydrogens is 186 g/mol. The van der Waals surface area contributed by atoms with Crippen molar-refractivity contribution in [3.63, 3.8) is 0 Å². The number of nitrogens with one attached hydrogen (secondary N) is 1. The second-order valence-corrected chi connectivity index (χ2v) is 3.54. The normalized spacial score (nSPS) is 11.9. The summed E-state index contributed by atoms with van der Waals surface area (Å²) in [5.41, 5.74) is 1.11. The smallest absolute Gasteiger partial charge is 0.0947 e. The van der Waals surface area contributed by atoms with E-state index in [0.717, 1.165) is 25.1 Å². The minimum atomic E-state index is 0.331. The van der Waals surface area contributed by atoms with E-state index in [1.54, 1.807) is 0 Å². The van der Waals surface area contributed by atoms with E-state index in [1.807, 2.05) is 24.9 Å². The summed E-state index contributed by atoms with van der Waals surface area (Å²) < 4.78 is 1.98. The maximum Gasteiger partial charge on any atom is 0.0947 e. The lowest BCUT2D eigenvalue weighted by molar-refractivity contribution is 0.512. The average Bonchev–Trinajstić information content (AvgIpc) is 2.64. The summed E-state index contributed by atoms with van der Waals surface area (Å²) in [6, 6.07) is 0.331. The summed E-state index contributed by atoms with van der Waals surface area (Å²) in [6.45, 7) is 4.95. The molecule has 82 valence electrons. The van der Waals surface area contributed by atoms with Gasteiger partial charge in [-0.3, -0.25) is 0 Å². The van der Waals surface area contributed by atoms with Crippen LogP contribution in [0.2, 0.25) is 0 Å². The molecule has 15 heavy (non-hydrogen) atoms. The Bertz CT molecular complexity index is 343. The molecule has 0 fully saturated rings. The molecule has 0 amide bonds. The summed E-state index contributed by atoms with van der Waals surface area (Å²) >= 11 is 0. The molecule has 0 bridgehead atoms. The molecule has 0 spiro atoms. The Morgan fingerprint density at radius 3 is 2.93 bits per heavy atom. The maximum atomic E-state index is 4.37. The van der Waals surface area contributed by atoms with Crippen LogP contribution in [0.3, 0.4) is 0 Å². The predicted octanol–water partition coefficient (Wildman–Crippen LogP) is 1.87. The zero-order valence-electron chi connectivity index (χ0n) is 9.75.